The Labute approximate surface area is 192 Å². The second kappa shape index (κ2) is 9.32. The Morgan fingerprint density at radius 2 is 1.75 bits per heavy atom. The van der Waals surface area contributed by atoms with Crippen molar-refractivity contribution in [3.8, 4) is 34.3 Å². The monoisotopic (exact) mass is 505 g/mol. The minimum absolute atomic E-state index is 0. The number of benzene rings is 2. The summed E-state index contributed by atoms with van der Waals surface area (Å²) in [6.07, 6.45) is 0. The second-order valence-electron chi connectivity index (χ2n) is 7.22. The summed E-state index contributed by atoms with van der Waals surface area (Å²) >= 11 is 0. The van der Waals surface area contributed by atoms with E-state index in [2.05, 4.69) is 15.0 Å². The van der Waals surface area contributed by atoms with Gasteiger partial charge in [-0.2, -0.15) is 4.98 Å². The minimum Gasteiger partial charge on any atom is -0.504 e. The van der Waals surface area contributed by atoms with E-state index < -0.39 is 22.1 Å². The predicted molar refractivity (Wildman–Crippen MR) is 119 cm³/mol. The molecular weight excluding hydrogens is 486 g/mol. The summed E-state index contributed by atoms with van der Waals surface area (Å²) < 4.78 is 5.16. The van der Waals surface area contributed by atoms with Crippen LogP contribution in [0.1, 0.15) is 10.4 Å². The largest absolute Gasteiger partial charge is 0.504 e. The number of aromatic nitrogens is 2. The topological polar surface area (TPSA) is 146 Å². The lowest BCUT2D eigenvalue weighted by atomic mass is 10.1. The van der Waals surface area contributed by atoms with Crippen LogP contribution in [0, 0.1) is 10.1 Å². The van der Waals surface area contributed by atoms with Gasteiger partial charge in [0.25, 0.3) is 11.8 Å². The number of carbonyl (C=O) groups excluding carboxylic acids is 1. The van der Waals surface area contributed by atoms with E-state index in [1.54, 1.807) is 24.3 Å². The summed E-state index contributed by atoms with van der Waals surface area (Å²) in [6, 6.07) is 8.87. The van der Waals surface area contributed by atoms with E-state index in [9.17, 15) is 25.1 Å². The number of halogens is 1. The standard InChI is InChI=1S/C20H19N5O6.BrH/c1-23-6-8-24(9-7-23)20(28)13-4-2-12(3-5-13)18-21-19(31-22-18)14-10-15(25(29)30)17(27)16(26)11-14;/h2-5,10-11,26-27H,6-9H2,1H3;1H. The van der Waals surface area contributed by atoms with Gasteiger partial charge >= 0.3 is 5.69 Å². The highest BCUT2D eigenvalue weighted by molar-refractivity contribution is 8.93. The smallest absolute Gasteiger partial charge is 0.315 e. The fourth-order valence-electron chi connectivity index (χ4n) is 3.28. The van der Waals surface area contributed by atoms with E-state index in [0.717, 1.165) is 25.2 Å². The number of phenolic OH excluding ortho intramolecular Hbond substituents is 2. The van der Waals surface area contributed by atoms with Crippen molar-refractivity contribution in [2.45, 2.75) is 0 Å². The lowest BCUT2D eigenvalue weighted by Gasteiger charge is -2.32. The number of nitro benzene ring substituents is 1. The highest BCUT2D eigenvalue weighted by Crippen LogP contribution is 2.39. The molecule has 2 heterocycles. The summed E-state index contributed by atoms with van der Waals surface area (Å²) in [5.41, 5.74) is 0.544. The molecule has 1 amide bonds. The normalized spacial score (nSPS) is 14.1. The van der Waals surface area contributed by atoms with Crippen LogP contribution in [0.15, 0.2) is 40.9 Å². The van der Waals surface area contributed by atoms with Crippen molar-refractivity contribution < 1.29 is 24.5 Å². The molecule has 1 aliphatic rings. The Bertz CT molecular complexity index is 1140. The first-order valence-corrected chi connectivity index (χ1v) is 9.46. The molecule has 1 aliphatic heterocycles. The number of rotatable bonds is 4. The molecule has 168 valence electrons. The van der Waals surface area contributed by atoms with Gasteiger partial charge in [0.05, 0.1) is 10.5 Å². The summed E-state index contributed by atoms with van der Waals surface area (Å²) in [5, 5.41) is 34.2. The average molecular weight is 506 g/mol. The van der Waals surface area contributed by atoms with Gasteiger partial charge in [-0.15, -0.1) is 17.0 Å². The quantitative estimate of drug-likeness (QED) is 0.310. The third-order valence-electron chi connectivity index (χ3n) is 5.12. The molecule has 1 aromatic heterocycles. The van der Waals surface area contributed by atoms with Crippen LogP contribution in [0.5, 0.6) is 11.5 Å². The lowest BCUT2D eigenvalue weighted by molar-refractivity contribution is -0.385. The fourth-order valence-corrected chi connectivity index (χ4v) is 3.28. The third kappa shape index (κ3) is 4.55. The Morgan fingerprint density at radius 1 is 1.09 bits per heavy atom. The van der Waals surface area contributed by atoms with Crippen LogP contribution >= 0.6 is 17.0 Å². The fraction of sp³-hybridized carbons (Fsp3) is 0.250. The number of nitro groups is 1. The van der Waals surface area contributed by atoms with Gasteiger partial charge in [-0.3, -0.25) is 14.9 Å². The molecule has 0 saturated carbocycles. The number of hydrogen-bond donors (Lipinski definition) is 2. The number of likely N-dealkylation sites (N-methyl/N-ethyl adjacent to an activating group) is 1. The maximum absolute atomic E-state index is 12.6. The number of phenols is 2. The van der Waals surface area contributed by atoms with Crippen LogP contribution in [0.3, 0.4) is 0 Å². The molecule has 0 unspecified atom stereocenters. The van der Waals surface area contributed by atoms with Crippen LogP contribution in [-0.2, 0) is 0 Å². The SMILES string of the molecule is Br.CN1CCN(C(=O)c2ccc(-c3noc(-c4cc(O)c(O)c([N+](=O)[O-])c4)n3)cc2)CC1. The summed E-state index contributed by atoms with van der Waals surface area (Å²) in [7, 11) is 2.02. The zero-order valence-corrected chi connectivity index (χ0v) is 18.7. The van der Waals surface area contributed by atoms with Crippen LogP contribution in [0.25, 0.3) is 22.8 Å². The molecule has 0 aliphatic carbocycles. The predicted octanol–water partition coefficient (Wildman–Crippen LogP) is 2.69. The van der Waals surface area contributed by atoms with Crippen molar-refractivity contribution in [2.75, 3.05) is 33.2 Å². The third-order valence-corrected chi connectivity index (χ3v) is 5.12. The van der Waals surface area contributed by atoms with Gasteiger partial charge < -0.3 is 24.5 Å². The molecule has 0 atom stereocenters. The zero-order valence-electron chi connectivity index (χ0n) is 17.0. The highest BCUT2D eigenvalue weighted by atomic mass is 79.9. The molecule has 2 aromatic carbocycles. The minimum atomic E-state index is -0.839. The molecule has 32 heavy (non-hydrogen) atoms. The van der Waals surface area contributed by atoms with E-state index in [0.29, 0.717) is 24.2 Å². The molecule has 1 saturated heterocycles. The summed E-state index contributed by atoms with van der Waals surface area (Å²) in [4.78, 5) is 31.0. The van der Waals surface area contributed by atoms with Crippen molar-refractivity contribution in [3.05, 3.63) is 52.1 Å². The van der Waals surface area contributed by atoms with Crippen molar-refractivity contribution >= 4 is 28.6 Å². The molecule has 0 bridgehead atoms. The molecular formula is C20H20BrN5O6. The van der Waals surface area contributed by atoms with Gasteiger partial charge in [0.2, 0.25) is 11.6 Å². The Morgan fingerprint density at radius 3 is 2.38 bits per heavy atom. The second-order valence-corrected chi connectivity index (χ2v) is 7.22. The summed E-state index contributed by atoms with van der Waals surface area (Å²) in [5.74, 6) is -1.40. The first-order chi connectivity index (χ1) is 14.8. The van der Waals surface area contributed by atoms with Crippen molar-refractivity contribution in [3.63, 3.8) is 0 Å². The molecule has 0 radical (unpaired) electrons. The summed E-state index contributed by atoms with van der Waals surface area (Å²) in [6.45, 7) is 3.02. The van der Waals surface area contributed by atoms with Crippen molar-refractivity contribution in [2.24, 2.45) is 0 Å². The van der Waals surface area contributed by atoms with Gasteiger partial charge in [-0.05, 0) is 25.2 Å². The van der Waals surface area contributed by atoms with Gasteiger partial charge in [0.15, 0.2) is 5.75 Å². The first-order valence-electron chi connectivity index (χ1n) is 9.46. The van der Waals surface area contributed by atoms with Crippen LogP contribution in [-0.4, -0.2) is 74.2 Å². The van der Waals surface area contributed by atoms with E-state index in [1.165, 1.54) is 0 Å². The molecule has 3 aromatic rings. The number of nitrogens with zero attached hydrogens (tertiary/aromatic N) is 5. The number of carbonyl (C=O) groups is 1. The zero-order chi connectivity index (χ0) is 22.1. The Hall–Kier alpha value is -3.51. The van der Waals surface area contributed by atoms with E-state index >= 15 is 0 Å². The number of hydrogen-bond acceptors (Lipinski definition) is 9. The number of amides is 1. The molecule has 2 N–H and O–H groups in total. The average Bonchev–Trinajstić information content (AvgIpc) is 3.26. The first kappa shape index (κ1) is 23.2. The van der Waals surface area contributed by atoms with Crippen LogP contribution in [0.2, 0.25) is 0 Å². The maximum Gasteiger partial charge on any atom is 0.315 e. The molecule has 0 spiro atoms. The van der Waals surface area contributed by atoms with Gasteiger partial charge in [0.1, 0.15) is 0 Å². The molecule has 1 fully saturated rings. The molecule has 4 rings (SSSR count). The van der Waals surface area contributed by atoms with Crippen LogP contribution < -0.4 is 0 Å². The Kier molecular flexibility index (Phi) is 6.75. The Balaban J connectivity index is 0.00000289. The molecule has 11 nitrogen and oxygen atoms in total. The van der Waals surface area contributed by atoms with Gasteiger partial charge in [-0.25, -0.2) is 0 Å². The van der Waals surface area contributed by atoms with Crippen LogP contribution in [0.4, 0.5) is 5.69 Å². The van der Waals surface area contributed by atoms with Crippen molar-refractivity contribution in [1.29, 1.82) is 0 Å². The lowest BCUT2D eigenvalue weighted by Crippen LogP contribution is -2.47. The number of piperazine rings is 1. The van der Waals surface area contributed by atoms with E-state index in [4.69, 9.17) is 4.52 Å². The maximum atomic E-state index is 12.6. The molecule has 12 heteroatoms. The van der Waals surface area contributed by atoms with Gasteiger partial charge in [0, 0.05) is 43.4 Å². The van der Waals surface area contributed by atoms with Gasteiger partial charge in [-0.1, -0.05) is 17.3 Å². The highest BCUT2D eigenvalue weighted by Gasteiger charge is 2.23. The van der Waals surface area contributed by atoms with E-state index in [1.807, 2.05) is 11.9 Å². The number of aromatic hydroxyl groups is 2. The van der Waals surface area contributed by atoms with Crippen molar-refractivity contribution in [1.82, 2.24) is 19.9 Å². The van der Waals surface area contributed by atoms with E-state index in [-0.39, 0.29) is 40.2 Å².